The van der Waals surface area contributed by atoms with E-state index in [2.05, 4.69) is 10.6 Å². The van der Waals surface area contributed by atoms with Gasteiger partial charge in [-0.1, -0.05) is 23.7 Å². The van der Waals surface area contributed by atoms with Crippen molar-refractivity contribution in [1.29, 1.82) is 0 Å². The van der Waals surface area contributed by atoms with E-state index in [9.17, 15) is 9.59 Å². The molecular formula is C17H15ClN2O4. The first-order chi connectivity index (χ1) is 11.5. The summed E-state index contributed by atoms with van der Waals surface area (Å²) in [7, 11) is 0. The molecule has 7 heteroatoms. The number of hydrogen-bond acceptors (Lipinski definition) is 4. The number of halogens is 1. The molecule has 0 radical (unpaired) electrons. The number of hydrogen-bond donors (Lipinski definition) is 2. The van der Waals surface area contributed by atoms with E-state index in [1.54, 1.807) is 36.4 Å². The Morgan fingerprint density at radius 2 is 1.88 bits per heavy atom. The molecule has 3 rings (SSSR count). The number of fused-ring (bicyclic) bond motifs is 1. The molecule has 24 heavy (non-hydrogen) atoms. The molecule has 0 atom stereocenters. The number of anilines is 1. The van der Waals surface area contributed by atoms with Crippen LogP contribution in [-0.2, 0) is 16.1 Å². The van der Waals surface area contributed by atoms with E-state index < -0.39 is 11.8 Å². The van der Waals surface area contributed by atoms with Crippen molar-refractivity contribution in [2.75, 3.05) is 12.1 Å². The molecule has 0 saturated carbocycles. The van der Waals surface area contributed by atoms with Crippen molar-refractivity contribution in [3.05, 3.63) is 52.5 Å². The molecule has 0 aromatic heterocycles. The molecule has 1 heterocycles. The fraction of sp³-hybridized carbons (Fsp3) is 0.176. The number of nitrogens with one attached hydrogen (secondary N) is 2. The van der Waals surface area contributed by atoms with Crippen molar-refractivity contribution in [3.8, 4) is 11.5 Å². The standard InChI is InChI=1S/C17H15ClN2O4/c1-10-2-4-12(7-13(10)18)20-17(22)16(21)19-8-11-3-5-14-15(6-11)24-9-23-14/h2-7H,8-9H2,1H3,(H,19,21)(H,20,22). The highest BCUT2D eigenvalue weighted by molar-refractivity contribution is 6.39. The van der Waals surface area contributed by atoms with E-state index in [-0.39, 0.29) is 13.3 Å². The van der Waals surface area contributed by atoms with Gasteiger partial charge in [0.2, 0.25) is 6.79 Å². The maximum Gasteiger partial charge on any atom is 0.313 e. The molecule has 1 aliphatic rings. The molecule has 0 bridgehead atoms. The predicted octanol–water partition coefficient (Wildman–Crippen LogP) is 2.63. The first-order valence-electron chi connectivity index (χ1n) is 7.27. The Morgan fingerprint density at radius 3 is 2.67 bits per heavy atom. The van der Waals surface area contributed by atoms with Gasteiger partial charge in [0.25, 0.3) is 0 Å². The lowest BCUT2D eigenvalue weighted by Gasteiger charge is -2.08. The summed E-state index contributed by atoms with van der Waals surface area (Å²) in [6, 6.07) is 10.4. The molecule has 0 fully saturated rings. The van der Waals surface area contributed by atoms with Gasteiger partial charge in [-0.25, -0.2) is 0 Å². The summed E-state index contributed by atoms with van der Waals surface area (Å²) in [5, 5.41) is 5.59. The third-order valence-corrected chi connectivity index (χ3v) is 3.93. The van der Waals surface area contributed by atoms with Gasteiger partial charge in [0.15, 0.2) is 11.5 Å². The molecule has 1 aliphatic heterocycles. The Balaban J connectivity index is 1.56. The van der Waals surface area contributed by atoms with Crippen LogP contribution in [0.3, 0.4) is 0 Å². The minimum atomic E-state index is -0.754. The maximum atomic E-state index is 11.9. The highest BCUT2D eigenvalue weighted by Crippen LogP contribution is 2.32. The molecule has 2 amide bonds. The Morgan fingerprint density at radius 1 is 1.08 bits per heavy atom. The predicted molar refractivity (Wildman–Crippen MR) is 89.2 cm³/mol. The lowest BCUT2D eigenvalue weighted by atomic mass is 10.2. The van der Waals surface area contributed by atoms with Gasteiger partial charge in [-0.2, -0.15) is 0 Å². The van der Waals surface area contributed by atoms with E-state index in [1.807, 2.05) is 6.92 Å². The van der Waals surface area contributed by atoms with Crippen molar-refractivity contribution >= 4 is 29.1 Å². The van der Waals surface area contributed by atoms with Crippen molar-refractivity contribution in [1.82, 2.24) is 5.32 Å². The number of aryl methyl sites for hydroxylation is 1. The van der Waals surface area contributed by atoms with Crippen LogP contribution in [0.4, 0.5) is 5.69 Å². The van der Waals surface area contributed by atoms with Gasteiger partial charge in [-0.3, -0.25) is 9.59 Å². The lowest BCUT2D eigenvalue weighted by molar-refractivity contribution is -0.136. The molecule has 0 saturated heterocycles. The number of carbonyl (C=O) groups excluding carboxylic acids is 2. The van der Waals surface area contributed by atoms with Gasteiger partial charge in [0, 0.05) is 17.3 Å². The van der Waals surface area contributed by atoms with E-state index in [0.717, 1.165) is 11.1 Å². The van der Waals surface area contributed by atoms with Crippen molar-refractivity contribution in [3.63, 3.8) is 0 Å². The maximum absolute atomic E-state index is 11.9. The first-order valence-corrected chi connectivity index (χ1v) is 7.64. The van der Waals surface area contributed by atoms with Crippen molar-refractivity contribution in [2.24, 2.45) is 0 Å². The molecule has 2 aromatic rings. The van der Waals surface area contributed by atoms with Crippen LogP contribution in [0.1, 0.15) is 11.1 Å². The third-order valence-electron chi connectivity index (χ3n) is 3.53. The van der Waals surface area contributed by atoms with E-state index >= 15 is 0 Å². The van der Waals surface area contributed by atoms with E-state index in [4.69, 9.17) is 21.1 Å². The Labute approximate surface area is 143 Å². The molecule has 2 N–H and O–H groups in total. The minimum absolute atomic E-state index is 0.187. The first kappa shape index (κ1) is 16.1. The molecular weight excluding hydrogens is 332 g/mol. The van der Waals surface area contributed by atoms with Gasteiger partial charge >= 0.3 is 11.8 Å². The number of carbonyl (C=O) groups is 2. The highest BCUT2D eigenvalue weighted by Gasteiger charge is 2.16. The van der Waals surface area contributed by atoms with Gasteiger partial charge in [-0.05, 0) is 42.3 Å². The molecule has 0 spiro atoms. The summed E-state index contributed by atoms with van der Waals surface area (Å²) in [6.45, 7) is 2.25. The molecule has 2 aromatic carbocycles. The van der Waals surface area contributed by atoms with Crippen LogP contribution in [0.25, 0.3) is 0 Å². The van der Waals surface area contributed by atoms with Gasteiger partial charge < -0.3 is 20.1 Å². The second-order valence-corrected chi connectivity index (χ2v) is 5.70. The number of ether oxygens (including phenoxy) is 2. The zero-order valence-electron chi connectivity index (χ0n) is 12.9. The molecule has 6 nitrogen and oxygen atoms in total. The summed E-state index contributed by atoms with van der Waals surface area (Å²) in [5.74, 6) is -0.195. The second-order valence-electron chi connectivity index (χ2n) is 5.29. The number of benzene rings is 2. The Kier molecular flexibility index (Phi) is 4.57. The minimum Gasteiger partial charge on any atom is -0.454 e. The van der Waals surface area contributed by atoms with Crippen molar-refractivity contribution in [2.45, 2.75) is 13.5 Å². The van der Waals surface area contributed by atoms with Gasteiger partial charge in [0.1, 0.15) is 0 Å². The highest BCUT2D eigenvalue weighted by atomic mass is 35.5. The normalized spacial score (nSPS) is 11.9. The zero-order chi connectivity index (χ0) is 17.1. The summed E-state index contributed by atoms with van der Waals surface area (Å²) >= 11 is 5.99. The topological polar surface area (TPSA) is 76.7 Å². The van der Waals surface area contributed by atoms with Gasteiger partial charge in [-0.15, -0.1) is 0 Å². The van der Waals surface area contributed by atoms with Crippen LogP contribution in [-0.4, -0.2) is 18.6 Å². The van der Waals surface area contributed by atoms with Crippen LogP contribution in [0, 0.1) is 6.92 Å². The van der Waals surface area contributed by atoms with Crippen LogP contribution in [0.2, 0.25) is 5.02 Å². The fourth-order valence-corrected chi connectivity index (χ4v) is 2.35. The monoisotopic (exact) mass is 346 g/mol. The number of amides is 2. The average Bonchev–Trinajstić information content (AvgIpc) is 3.03. The van der Waals surface area contributed by atoms with Crippen LogP contribution in [0.15, 0.2) is 36.4 Å². The van der Waals surface area contributed by atoms with Crippen LogP contribution in [0.5, 0.6) is 11.5 Å². The lowest BCUT2D eigenvalue weighted by Crippen LogP contribution is -2.34. The smallest absolute Gasteiger partial charge is 0.313 e. The summed E-state index contributed by atoms with van der Waals surface area (Å²) in [4.78, 5) is 23.8. The molecule has 124 valence electrons. The Hall–Kier alpha value is -2.73. The third kappa shape index (κ3) is 3.60. The molecule has 0 aliphatic carbocycles. The SMILES string of the molecule is Cc1ccc(NC(=O)C(=O)NCc2ccc3c(c2)OCO3)cc1Cl. The quantitative estimate of drug-likeness (QED) is 0.838. The summed E-state index contributed by atoms with van der Waals surface area (Å²) in [5.41, 5.74) is 2.16. The van der Waals surface area contributed by atoms with Crippen molar-refractivity contribution < 1.29 is 19.1 Å². The zero-order valence-corrected chi connectivity index (χ0v) is 13.6. The Bertz CT molecular complexity index is 807. The summed E-state index contributed by atoms with van der Waals surface area (Å²) < 4.78 is 10.5. The molecule has 0 unspecified atom stereocenters. The van der Waals surface area contributed by atoms with E-state index in [0.29, 0.717) is 22.2 Å². The van der Waals surface area contributed by atoms with Crippen LogP contribution >= 0.6 is 11.6 Å². The van der Waals surface area contributed by atoms with Crippen LogP contribution < -0.4 is 20.1 Å². The van der Waals surface area contributed by atoms with Gasteiger partial charge in [0.05, 0.1) is 0 Å². The second kappa shape index (κ2) is 6.80. The van der Waals surface area contributed by atoms with E-state index in [1.165, 1.54) is 0 Å². The summed E-state index contributed by atoms with van der Waals surface area (Å²) in [6.07, 6.45) is 0. The fourth-order valence-electron chi connectivity index (χ4n) is 2.17. The number of rotatable bonds is 3. The largest absolute Gasteiger partial charge is 0.454 e. The average molecular weight is 347 g/mol.